The third-order valence-corrected chi connectivity index (χ3v) is 8.78. The number of aromatic nitrogens is 2. The molecule has 0 spiro atoms. The molecule has 2 aromatic heterocycles. The Kier molecular flexibility index (Phi) is 9.23. The van der Waals surface area contributed by atoms with Crippen molar-refractivity contribution in [2.45, 2.75) is 51.2 Å². The van der Waals surface area contributed by atoms with E-state index in [0.29, 0.717) is 47.7 Å². The van der Waals surface area contributed by atoms with Crippen LogP contribution in [0.2, 0.25) is 0 Å². The van der Waals surface area contributed by atoms with Crippen LogP contribution in [0.3, 0.4) is 0 Å². The van der Waals surface area contributed by atoms with Gasteiger partial charge in [0.1, 0.15) is 34.3 Å². The summed E-state index contributed by atoms with van der Waals surface area (Å²) in [4.78, 5) is 36.1. The van der Waals surface area contributed by atoms with Gasteiger partial charge in [0.05, 0.1) is 29.7 Å². The summed E-state index contributed by atoms with van der Waals surface area (Å²) >= 11 is 0. The summed E-state index contributed by atoms with van der Waals surface area (Å²) in [7, 11) is 2.90. The molecule has 11 heteroatoms. The second kappa shape index (κ2) is 13.5. The molecule has 1 saturated carbocycles. The number of halogens is 2. The number of hydrogen-bond acceptors (Lipinski definition) is 7. The molecule has 2 amide bonds. The van der Waals surface area contributed by atoms with Crippen LogP contribution in [0, 0.1) is 18.6 Å². The normalized spacial score (nSPS) is 17.2. The summed E-state index contributed by atoms with van der Waals surface area (Å²) in [6.45, 7) is 4.52. The highest BCUT2D eigenvalue weighted by Gasteiger charge is 2.50. The first-order valence-electron chi connectivity index (χ1n) is 15.8. The zero-order valence-electron chi connectivity index (χ0n) is 27.2. The van der Waals surface area contributed by atoms with Crippen LogP contribution in [0.15, 0.2) is 71.4 Å². The van der Waals surface area contributed by atoms with Crippen molar-refractivity contribution in [2.75, 3.05) is 20.8 Å². The molecule has 0 bridgehead atoms. The van der Waals surface area contributed by atoms with Crippen molar-refractivity contribution < 1.29 is 32.3 Å². The fourth-order valence-corrected chi connectivity index (χ4v) is 6.22. The van der Waals surface area contributed by atoms with E-state index in [1.807, 2.05) is 0 Å². The van der Waals surface area contributed by atoms with Gasteiger partial charge in [-0.1, -0.05) is 13.3 Å². The Morgan fingerprint density at radius 1 is 1.02 bits per heavy atom. The van der Waals surface area contributed by atoms with Gasteiger partial charge >= 0.3 is 0 Å². The van der Waals surface area contributed by atoms with Crippen LogP contribution < -0.4 is 15.4 Å². The third kappa shape index (κ3) is 6.01. The molecule has 1 fully saturated rings. The van der Waals surface area contributed by atoms with E-state index in [-0.39, 0.29) is 39.5 Å². The lowest BCUT2D eigenvalue weighted by molar-refractivity contribution is -0.0589. The highest BCUT2D eigenvalue weighted by atomic mass is 19.1. The van der Waals surface area contributed by atoms with Crippen molar-refractivity contribution >= 4 is 22.8 Å². The maximum atomic E-state index is 16.7. The Morgan fingerprint density at radius 3 is 2.42 bits per heavy atom. The van der Waals surface area contributed by atoms with E-state index >= 15 is 4.39 Å². The molecule has 1 aliphatic rings. The first-order valence-corrected chi connectivity index (χ1v) is 15.8. The van der Waals surface area contributed by atoms with Crippen LogP contribution in [-0.4, -0.2) is 48.7 Å². The van der Waals surface area contributed by atoms with Crippen LogP contribution in [0.4, 0.5) is 8.78 Å². The van der Waals surface area contributed by atoms with Crippen molar-refractivity contribution in [3.8, 4) is 28.2 Å². The van der Waals surface area contributed by atoms with E-state index in [1.165, 1.54) is 38.4 Å². The monoisotopic (exact) mass is 654 g/mol. The van der Waals surface area contributed by atoms with Gasteiger partial charge in [-0.05, 0) is 79.1 Å². The fourth-order valence-electron chi connectivity index (χ4n) is 6.22. The van der Waals surface area contributed by atoms with Crippen LogP contribution in [0.5, 0.6) is 5.75 Å². The van der Waals surface area contributed by atoms with Gasteiger partial charge in [0.2, 0.25) is 0 Å². The van der Waals surface area contributed by atoms with Crippen molar-refractivity contribution in [1.29, 1.82) is 0 Å². The molecule has 248 valence electrons. The summed E-state index contributed by atoms with van der Waals surface area (Å²) in [5, 5.41) is 5.67. The predicted molar refractivity (Wildman–Crippen MR) is 177 cm³/mol. The molecule has 3 aromatic carbocycles. The molecule has 5 aromatic rings. The van der Waals surface area contributed by atoms with Gasteiger partial charge in [0, 0.05) is 50.0 Å². The van der Waals surface area contributed by atoms with Crippen molar-refractivity contribution in [3.05, 3.63) is 101 Å². The molecule has 0 radical (unpaired) electrons. The molecular weight excluding hydrogens is 618 g/mol. The minimum absolute atomic E-state index is 0.0203. The number of unbranched alkanes of at least 4 members (excludes halogenated alkanes) is 1. The van der Waals surface area contributed by atoms with Gasteiger partial charge in [-0.3, -0.25) is 9.59 Å². The van der Waals surface area contributed by atoms with Crippen LogP contribution in [-0.2, 0) is 10.3 Å². The van der Waals surface area contributed by atoms with Crippen molar-refractivity contribution in [1.82, 2.24) is 20.6 Å². The number of amides is 2. The molecule has 1 aliphatic carbocycles. The highest BCUT2D eigenvalue weighted by molar-refractivity contribution is 6.12. The predicted octanol–water partition coefficient (Wildman–Crippen LogP) is 7.12. The zero-order chi connectivity index (χ0) is 34.0. The lowest BCUT2D eigenvalue weighted by Crippen LogP contribution is -2.58. The molecule has 9 nitrogen and oxygen atoms in total. The van der Waals surface area contributed by atoms with E-state index in [1.54, 1.807) is 49.6 Å². The number of fused-ring (bicyclic) bond motifs is 1. The lowest BCUT2D eigenvalue weighted by atomic mass is 9.73. The molecular formula is C37H36F2N4O5. The summed E-state index contributed by atoms with van der Waals surface area (Å²) in [5.41, 5.74) is 1.09. The Bertz CT molecular complexity index is 1970. The Hall–Kier alpha value is -5.16. The average molecular weight is 655 g/mol. The molecule has 0 unspecified atom stereocenters. The number of aryl methyl sites for hydroxylation is 1. The van der Waals surface area contributed by atoms with Gasteiger partial charge < -0.3 is 24.5 Å². The standard InChI is InChI=1S/C37H36F2N4O5/c1-5-6-16-47-24-19-37(20-24,36-41-14-7-15-42-36)43-34(44)27-18-26(21(2)17-29(27)46-4)25-12-13-28-30(32(25)39)31(35(45)40-3)33(48-28)22-8-10-23(38)11-9-22/h7-15,17-18,24H,5-6,16,19-20H2,1-4H3,(H,40,45)(H,43,44). The van der Waals surface area contributed by atoms with Crippen LogP contribution in [0.1, 0.15) is 64.7 Å². The van der Waals surface area contributed by atoms with Crippen LogP contribution >= 0.6 is 0 Å². The second-order valence-electron chi connectivity index (χ2n) is 11.9. The molecule has 2 N–H and O–H groups in total. The quantitative estimate of drug-likeness (QED) is 0.146. The maximum Gasteiger partial charge on any atom is 0.255 e. The smallest absolute Gasteiger partial charge is 0.255 e. The minimum atomic E-state index is -0.856. The summed E-state index contributed by atoms with van der Waals surface area (Å²) in [5.74, 6) is -1.28. The summed E-state index contributed by atoms with van der Waals surface area (Å²) in [6.07, 6.45) is 6.17. The number of ether oxygens (including phenoxy) is 2. The summed E-state index contributed by atoms with van der Waals surface area (Å²) in [6, 6.07) is 13.5. The van der Waals surface area contributed by atoms with Crippen molar-refractivity contribution in [2.24, 2.45) is 0 Å². The number of hydrogen-bond donors (Lipinski definition) is 2. The van der Waals surface area contributed by atoms with E-state index in [4.69, 9.17) is 13.9 Å². The average Bonchev–Trinajstić information content (AvgIpc) is 3.48. The van der Waals surface area contributed by atoms with Gasteiger partial charge in [-0.25, -0.2) is 18.7 Å². The maximum absolute atomic E-state index is 16.7. The molecule has 0 aliphatic heterocycles. The van der Waals surface area contributed by atoms with Gasteiger partial charge in [0.15, 0.2) is 5.82 Å². The Morgan fingerprint density at radius 2 is 1.75 bits per heavy atom. The fraction of sp³-hybridized carbons (Fsp3) is 0.297. The first kappa shape index (κ1) is 32.8. The van der Waals surface area contributed by atoms with Gasteiger partial charge in [-0.2, -0.15) is 0 Å². The van der Waals surface area contributed by atoms with E-state index in [0.717, 1.165) is 12.8 Å². The largest absolute Gasteiger partial charge is 0.496 e. The number of carbonyl (C=O) groups excluding carboxylic acids is 2. The van der Waals surface area contributed by atoms with E-state index in [9.17, 15) is 14.0 Å². The number of furan rings is 1. The van der Waals surface area contributed by atoms with Gasteiger partial charge in [-0.15, -0.1) is 0 Å². The first-order chi connectivity index (χ1) is 23.2. The minimum Gasteiger partial charge on any atom is -0.496 e. The molecule has 6 rings (SSSR count). The van der Waals surface area contributed by atoms with Crippen LogP contribution in [0.25, 0.3) is 33.4 Å². The number of nitrogens with zero attached hydrogens (tertiary/aromatic N) is 2. The number of methoxy groups -OCH3 is 1. The molecule has 2 heterocycles. The number of nitrogens with one attached hydrogen (secondary N) is 2. The molecule has 0 atom stereocenters. The SMILES string of the molecule is CCCCOC1CC(NC(=O)c2cc(-c3ccc4oc(-c5ccc(F)cc5)c(C(=O)NC)c4c3F)c(C)cc2OC)(c2ncccn2)C1. The molecule has 0 saturated heterocycles. The second-order valence-corrected chi connectivity index (χ2v) is 11.9. The third-order valence-electron chi connectivity index (χ3n) is 8.78. The highest BCUT2D eigenvalue weighted by Crippen LogP contribution is 2.43. The molecule has 48 heavy (non-hydrogen) atoms. The summed E-state index contributed by atoms with van der Waals surface area (Å²) < 4.78 is 47.9. The lowest BCUT2D eigenvalue weighted by Gasteiger charge is -2.46. The zero-order valence-corrected chi connectivity index (χ0v) is 27.2. The Balaban J connectivity index is 1.41. The number of benzene rings is 3. The number of carbonyl (C=O) groups is 2. The van der Waals surface area contributed by atoms with Gasteiger partial charge in [0.25, 0.3) is 11.8 Å². The van der Waals surface area contributed by atoms with E-state index < -0.39 is 29.0 Å². The van der Waals surface area contributed by atoms with Crippen molar-refractivity contribution in [3.63, 3.8) is 0 Å². The topological polar surface area (TPSA) is 116 Å². The van der Waals surface area contributed by atoms with E-state index in [2.05, 4.69) is 27.5 Å². The Labute approximate surface area is 276 Å². The number of rotatable bonds is 11.